The van der Waals surface area contributed by atoms with Crippen molar-refractivity contribution in [1.29, 1.82) is 0 Å². The number of rotatable bonds is 4. The number of amides is 1. The maximum atomic E-state index is 12.7. The molecule has 0 bridgehead atoms. The van der Waals surface area contributed by atoms with Gasteiger partial charge in [0.1, 0.15) is 0 Å². The Hall–Kier alpha value is -1.82. The van der Waals surface area contributed by atoms with Crippen LogP contribution in [-0.2, 0) is 11.2 Å². The minimum atomic E-state index is -0.180. The van der Waals surface area contributed by atoms with Gasteiger partial charge in [0.25, 0.3) is 5.91 Å². The highest BCUT2D eigenvalue weighted by Gasteiger charge is 2.43. The molecule has 2 aliphatic heterocycles. The van der Waals surface area contributed by atoms with E-state index in [1.807, 2.05) is 18.4 Å². The summed E-state index contributed by atoms with van der Waals surface area (Å²) in [6.45, 7) is 5.17. The molecule has 0 aliphatic carbocycles. The summed E-state index contributed by atoms with van der Waals surface area (Å²) in [6.07, 6.45) is 1.25. The number of likely N-dealkylation sites (N-methyl/N-ethyl adjacent to an activating group) is 1. The van der Waals surface area contributed by atoms with Gasteiger partial charge in [-0.2, -0.15) is 0 Å². The van der Waals surface area contributed by atoms with Gasteiger partial charge in [-0.3, -0.25) is 9.59 Å². The molecule has 0 radical (unpaired) electrons. The molecule has 3 heterocycles. The third-order valence-electron chi connectivity index (χ3n) is 4.81. The lowest BCUT2D eigenvalue weighted by Crippen LogP contribution is -2.44. The molecule has 1 aromatic heterocycles. The van der Waals surface area contributed by atoms with E-state index in [0.29, 0.717) is 30.8 Å². The second kappa shape index (κ2) is 5.43. The highest BCUT2D eigenvalue weighted by molar-refractivity contribution is 5.96. The first kappa shape index (κ1) is 15.1. The first-order chi connectivity index (χ1) is 10.6. The van der Waals surface area contributed by atoms with Crippen LogP contribution in [0.1, 0.15) is 54.2 Å². The van der Waals surface area contributed by atoms with Crippen molar-refractivity contribution in [3.05, 3.63) is 27.2 Å². The predicted molar refractivity (Wildman–Crippen MR) is 81.6 cm³/mol. The first-order valence-electron chi connectivity index (χ1n) is 7.76. The van der Waals surface area contributed by atoms with Gasteiger partial charge in [0.15, 0.2) is 11.4 Å². The Morgan fingerprint density at radius 2 is 1.95 bits per heavy atom. The summed E-state index contributed by atoms with van der Waals surface area (Å²) in [5.74, 6) is 0.0406. The van der Waals surface area contributed by atoms with Crippen LogP contribution in [0.3, 0.4) is 0 Å². The maximum Gasteiger partial charge on any atom is 0.274 e. The van der Waals surface area contributed by atoms with E-state index in [1.54, 1.807) is 12.0 Å². The van der Waals surface area contributed by atoms with Crippen molar-refractivity contribution >= 4 is 5.91 Å². The van der Waals surface area contributed by atoms with Crippen molar-refractivity contribution in [2.75, 3.05) is 27.3 Å². The molecule has 3 rings (SSSR count). The average Bonchev–Trinajstić information content (AvgIpc) is 2.89. The summed E-state index contributed by atoms with van der Waals surface area (Å²) in [7, 11) is 3.11. The Labute approximate surface area is 129 Å². The van der Waals surface area contributed by atoms with Gasteiger partial charge < -0.3 is 18.9 Å². The fraction of sp³-hybridized carbons (Fsp3) is 0.625. The molecule has 0 saturated carbocycles. The minimum absolute atomic E-state index is 0.131. The summed E-state index contributed by atoms with van der Waals surface area (Å²) >= 11 is 0. The molecule has 6 heteroatoms. The van der Waals surface area contributed by atoms with Crippen LogP contribution in [0.2, 0.25) is 0 Å². The van der Waals surface area contributed by atoms with Gasteiger partial charge in [0, 0.05) is 32.2 Å². The summed E-state index contributed by atoms with van der Waals surface area (Å²) in [4.78, 5) is 27.3. The normalized spacial score (nSPS) is 22.9. The summed E-state index contributed by atoms with van der Waals surface area (Å²) in [5.41, 5.74) is 1.77. The van der Waals surface area contributed by atoms with Crippen molar-refractivity contribution in [3.63, 3.8) is 0 Å². The van der Waals surface area contributed by atoms with E-state index >= 15 is 0 Å². The maximum absolute atomic E-state index is 12.7. The largest absolute Gasteiger partial charge is 0.491 e. The van der Waals surface area contributed by atoms with Crippen LogP contribution in [-0.4, -0.2) is 42.7 Å². The average molecular weight is 306 g/mol. The molecule has 0 aromatic carbocycles. The third kappa shape index (κ3) is 1.83. The minimum Gasteiger partial charge on any atom is -0.491 e. The van der Waals surface area contributed by atoms with E-state index in [1.165, 1.54) is 7.11 Å². The van der Waals surface area contributed by atoms with Crippen LogP contribution >= 0.6 is 0 Å². The van der Waals surface area contributed by atoms with Gasteiger partial charge in [-0.15, -0.1) is 0 Å². The first-order valence-corrected chi connectivity index (χ1v) is 7.76. The molecule has 0 fully saturated rings. The molecular formula is C16H22N2O4. The number of aromatic nitrogens is 1. The SMILES string of the molecule is CCc1c2n3c(c(OC)c1=O)C(=O)N(CC)CC3CC2OC. The molecule has 0 spiro atoms. The zero-order valence-electron chi connectivity index (χ0n) is 13.5. The highest BCUT2D eigenvalue weighted by atomic mass is 16.5. The Bertz CT molecular complexity index is 680. The molecule has 6 nitrogen and oxygen atoms in total. The molecular weight excluding hydrogens is 284 g/mol. The quantitative estimate of drug-likeness (QED) is 0.846. The predicted octanol–water partition coefficient (Wildman–Crippen LogP) is 1.53. The fourth-order valence-corrected chi connectivity index (χ4v) is 3.78. The van der Waals surface area contributed by atoms with Crippen LogP contribution in [0.25, 0.3) is 0 Å². The number of carbonyl (C=O) groups excluding carboxylic acids is 1. The Morgan fingerprint density at radius 1 is 1.23 bits per heavy atom. The van der Waals surface area contributed by atoms with Gasteiger partial charge in [0.05, 0.1) is 24.9 Å². The van der Waals surface area contributed by atoms with E-state index in [9.17, 15) is 9.59 Å². The molecule has 0 N–H and O–H groups in total. The molecule has 120 valence electrons. The van der Waals surface area contributed by atoms with Crippen LogP contribution in [0.5, 0.6) is 5.75 Å². The molecule has 2 unspecified atom stereocenters. The topological polar surface area (TPSA) is 60.8 Å². The zero-order chi connectivity index (χ0) is 16.0. The smallest absolute Gasteiger partial charge is 0.274 e. The van der Waals surface area contributed by atoms with Crippen molar-refractivity contribution in [2.45, 2.75) is 38.8 Å². The Morgan fingerprint density at radius 3 is 2.50 bits per heavy atom. The van der Waals surface area contributed by atoms with E-state index < -0.39 is 0 Å². The Balaban J connectivity index is 2.36. The van der Waals surface area contributed by atoms with Gasteiger partial charge in [-0.25, -0.2) is 0 Å². The standard InChI is InChI=1S/C16H22N2O4/c1-5-10-12-11(21-3)7-9-8-17(6-2)16(20)13(18(9)12)15(22-4)14(10)19/h9,11H,5-8H2,1-4H3. The van der Waals surface area contributed by atoms with Gasteiger partial charge in [0.2, 0.25) is 5.43 Å². The zero-order valence-corrected chi connectivity index (χ0v) is 13.5. The molecule has 1 amide bonds. The number of ether oxygens (including phenoxy) is 2. The van der Waals surface area contributed by atoms with Crippen LogP contribution in [0, 0.1) is 0 Å². The van der Waals surface area contributed by atoms with Crippen molar-refractivity contribution in [1.82, 2.24) is 9.47 Å². The van der Waals surface area contributed by atoms with Crippen LogP contribution < -0.4 is 10.2 Å². The van der Waals surface area contributed by atoms with Crippen molar-refractivity contribution in [3.8, 4) is 5.75 Å². The van der Waals surface area contributed by atoms with Crippen molar-refractivity contribution < 1.29 is 14.3 Å². The van der Waals surface area contributed by atoms with E-state index in [2.05, 4.69) is 0 Å². The van der Waals surface area contributed by atoms with Crippen LogP contribution in [0.15, 0.2) is 4.79 Å². The number of hydrogen-bond acceptors (Lipinski definition) is 4. The molecule has 22 heavy (non-hydrogen) atoms. The molecule has 1 aromatic rings. The van der Waals surface area contributed by atoms with E-state index in [0.717, 1.165) is 12.1 Å². The van der Waals surface area contributed by atoms with Gasteiger partial charge in [-0.05, 0) is 13.3 Å². The highest BCUT2D eigenvalue weighted by Crippen LogP contribution is 2.43. The summed E-state index contributed by atoms with van der Waals surface area (Å²) in [5, 5.41) is 0. The second-order valence-corrected chi connectivity index (χ2v) is 5.76. The Kier molecular flexibility index (Phi) is 3.72. The van der Waals surface area contributed by atoms with E-state index in [4.69, 9.17) is 9.47 Å². The summed E-state index contributed by atoms with van der Waals surface area (Å²) in [6, 6.07) is 0.146. The molecule has 2 atom stereocenters. The fourth-order valence-electron chi connectivity index (χ4n) is 3.78. The lowest BCUT2D eigenvalue weighted by atomic mass is 10.0. The second-order valence-electron chi connectivity index (χ2n) is 5.76. The molecule has 0 saturated heterocycles. The number of methoxy groups -OCH3 is 2. The van der Waals surface area contributed by atoms with Gasteiger partial charge in [-0.1, -0.05) is 6.92 Å². The molecule has 2 aliphatic rings. The monoisotopic (exact) mass is 306 g/mol. The van der Waals surface area contributed by atoms with Crippen LogP contribution in [0.4, 0.5) is 0 Å². The lowest BCUT2D eigenvalue weighted by molar-refractivity contribution is 0.0652. The number of hydrogen-bond donors (Lipinski definition) is 0. The van der Waals surface area contributed by atoms with E-state index in [-0.39, 0.29) is 29.2 Å². The lowest BCUT2D eigenvalue weighted by Gasteiger charge is -2.34. The number of pyridine rings is 1. The van der Waals surface area contributed by atoms with Gasteiger partial charge >= 0.3 is 0 Å². The van der Waals surface area contributed by atoms with Crippen molar-refractivity contribution in [2.24, 2.45) is 0 Å². The number of carbonyl (C=O) groups is 1. The summed E-state index contributed by atoms with van der Waals surface area (Å²) < 4.78 is 12.9. The number of nitrogens with zero attached hydrogens (tertiary/aromatic N) is 2. The third-order valence-corrected chi connectivity index (χ3v) is 4.81.